The van der Waals surface area contributed by atoms with Gasteiger partial charge in [0.25, 0.3) is 0 Å². The largest absolute Gasteiger partial charge is 0.321 e. The minimum absolute atomic E-state index is 0.714. The molecule has 2 aromatic carbocycles. The van der Waals surface area contributed by atoms with Gasteiger partial charge in [0.05, 0.1) is 14.1 Å². The summed E-state index contributed by atoms with van der Waals surface area (Å²) in [5.41, 5.74) is 2.09. The van der Waals surface area contributed by atoms with Crippen molar-refractivity contribution < 1.29 is 4.90 Å². The Bertz CT molecular complexity index is 804. The number of nitrogens with zero attached hydrogens (tertiary/aromatic N) is 3. The molecular weight excluding hydrogens is 292 g/mol. The molecule has 0 bridgehead atoms. The molecule has 0 aliphatic carbocycles. The normalized spacial score (nSPS) is 11.0. The van der Waals surface area contributed by atoms with E-state index >= 15 is 0 Å². The summed E-state index contributed by atoms with van der Waals surface area (Å²) in [6.45, 7) is 0.735. The standard InChI is InChI=1S/C17H18N4S/c1-19(2)13-20-17(22)21(15-11-7-4-8-12-15)16(18-20)14-9-5-3-6-10-14/h3-12H,13H2,1-2H3/p+1. The van der Waals surface area contributed by atoms with Crippen LogP contribution in [0.4, 0.5) is 0 Å². The highest BCUT2D eigenvalue weighted by atomic mass is 32.1. The van der Waals surface area contributed by atoms with Crippen LogP contribution in [0.3, 0.4) is 0 Å². The Balaban J connectivity index is 2.22. The third-order valence-corrected chi connectivity index (χ3v) is 3.75. The third-order valence-electron chi connectivity index (χ3n) is 3.35. The van der Waals surface area contributed by atoms with Gasteiger partial charge in [0.1, 0.15) is 0 Å². The molecule has 0 saturated heterocycles. The van der Waals surface area contributed by atoms with Crippen molar-refractivity contribution in [2.45, 2.75) is 6.67 Å². The van der Waals surface area contributed by atoms with Gasteiger partial charge in [0, 0.05) is 11.3 Å². The number of rotatable bonds is 4. The SMILES string of the molecule is C[NH+](C)Cn1nc(-c2ccccc2)n(-c2ccccc2)c1=S. The number of hydrogen-bond acceptors (Lipinski definition) is 2. The van der Waals surface area contributed by atoms with E-state index in [0.717, 1.165) is 23.7 Å². The molecule has 0 atom stereocenters. The van der Waals surface area contributed by atoms with Gasteiger partial charge in [0.15, 0.2) is 12.5 Å². The highest BCUT2D eigenvalue weighted by molar-refractivity contribution is 7.71. The zero-order valence-electron chi connectivity index (χ0n) is 12.7. The van der Waals surface area contributed by atoms with Crippen molar-refractivity contribution in [3.8, 4) is 17.1 Å². The number of para-hydroxylation sites is 1. The van der Waals surface area contributed by atoms with Crippen molar-refractivity contribution in [2.24, 2.45) is 0 Å². The Kier molecular flexibility index (Phi) is 4.18. The predicted octanol–water partition coefficient (Wildman–Crippen LogP) is 2.17. The van der Waals surface area contributed by atoms with Gasteiger partial charge in [-0.3, -0.25) is 4.57 Å². The maximum absolute atomic E-state index is 5.66. The fraction of sp³-hybridized carbons (Fsp3) is 0.176. The first-order chi connectivity index (χ1) is 10.7. The summed E-state index contributed by atoms with van der Waals surface area (Å²) >= 11 is 5.66. The zero-order valence-corrected chi connectivity index (χ0v) is 13.5. The van der Waals surface area contributed by atoms with Gasteiger partial charge in [-0.25, -0.2) is 0 Å². The molecule has 0 radical (unpaired) electrons. The van der Waals surface area contributed by atoms with Crippen LogP contribution in [0, 0.1) is 4.77 Å². The number of nitrogens with one attached hydrogen (secondary N) is 1. The van der Waals surface area contributed by atoms with Crippen molar-refractivity contribution in [3.05, 3.63) is 65.4 Å². The van der Waals surface area contributed by atoms with E-state index in [1.807, 2.05) is 45.6 Å². The first-order valence-corrected chi connectivity index (χ1v) is 7.67. The first kappa shape index (κ1) is 14.7. The molecule has 5 heteroatoms. The molecule has 0 amide bonds. The van der Waals surface area contributed by atoms with Crippen LogP contribution in [0.1, 0.15) is 0 Å². The van der Waals surface area contributed by atoms with Gasteiger partial charge in [-0.1, -0.05) is 48.5 Å². The van der Waals surface area contributed by atoms with Gasteiger partial charge in [-0.2, -0.15) is 4.68 Å². The lowest BCUT2D eigenvalue weighted by atomic mass is 10.2. The summed E-state index contributed by atoms with van der Waals surface area (Å²) in [6, 6.07) is 20.3. The van der Waals surface area contributed by atoms with Crippen molar-refractivity contribution in [2.75, 3.05) is 14.1 Å². The van der Waals surface area contributed by atoms with E-state index in [0.29, 0.717) is 4.77 Å². The second-order valence-corrected chi connectivity index (χ2v) is 5.87. The molecule has 1 aromatic heterocycles. The molecule has 1 N–H and O–H groups in total. The molecular formula is C17H19N4S+. The first-order valence-electron chi connectivity index (χ1n) is 7.26. The highest BCUT2D eigenvalue weighted by Crippen LogP contribution is 2.22. The Hall–Kier alpha value is -2.24. The predicted molar refractivity (Wildman–Crippen MR) is 90.6 cm³/mol. The van der Waals surface area contributed by atoms with Crippen LogP contribution >= 0.6 is 12.2 Å². The Morgan fingerprint density at radius 2 is 1.55 bits per heavy atom. The smallest absolute Gasteiger partial charge is 0.207 e. The van der Waals surface area contributed by atoms with Gasteiger partial charge >= 0.3 is 0 Å². The van der Waals surface area contributed by atoms with Crippen molar-refractivity contribution in [3.63, 3.8) is 0 Å². The van der Waals surface area contributed by atoms with Crippen LogP contribution in [-0.2, 0) is 6.67 Å². The van der Waals surface area contributed by atoms with Crippen molar-refractivity contribution in [1.82, 2.24) is 14.3 Å². The summed E-state index contributed by atoms with van der Waals surface area (Å²) < 4.78 is 4.64. The van der Waals surface area contributed by atoms with Crippen molar-refractivity contribution in [1.29, 1.82) is 0 Å². The molecule has 4 nitrogen and oxygen atoms in total. The van der Waals surface area contributed by atoms with Crippen LogP contribution in [0.5, 0.6) is 0 Å². The molecule has 0 unspecified atom stereocenters. The quantitative estimate of drug-likeness (QED) is 0.748. The van der Waals surface area contributed by atoms with E-state index in [-0.39, 0.29) is 0 Å². The van der Waals surface area contributed by atoms with Crippen LogP contribution in [0.25, 0.3) is 17.1 Å². The second-order valence-electron chi connectivity index (χ2n) is 5.51. The molecule has 3 rings (SSSR count). The fourth-order valence-corrected chi connectivity index (χ4v) is 2.69. The Morgan fingerprint density at radius 1 is 0.955 bits per heavy atom. The third kappa shape index (κ3) is 2.86. The monoisotopic (exact) mass is 311 g/mol. The second kappa shape index (κ2) is 6.25. The molecule has 112 valence electrons. The maximum Gasteiger partial charge on any atom is 0.207 e. The lowest BCUT2D eigenvalue weighted by molar-refractivity contribution is -0.883. The van der Waals surface area contributed by atoms with E-state index in [4.69, 9.17) is 17.3 Å². The van der Waals surface area contributed by atoms with Crippen molar-refractivity contribution >= 4 is 12.2 Å². The van der Waals surface area contributed by atoms with Crippen LogP contribution in [0.15, 0.2) is 60.7 Å². The molecule has 0 saturated carbocycles. The molecule has 1 heterocycles. The Labute approximate surface area is 135 Å². The molecule has 22 heavy (non-hydrogen) atoms. The van der Waals surface area contributed by atoms with E-state index in [1.165, 1.54) is 4.90 Å². The van der Waals surface area contributed by atoms with Gasteiger partial charge in [0.2, 0.25) is 4.77 Å². The molecule has 0 spiro atoms. The van der Waals surface area contributed by atoms with Crippen LogP contribution < -0.4 is 4.90 Å². The summed E-state index contributed by atoms with van der Waals surface area (Å²) in [6.07, 6.45) is 0. The van der Waals surface area contributed by atoms with Crippen LogP contribution in [0.2, 0.25) is 0 Å². The number of aromatic nitrogens is 3. The summed E-state index contributed by atoms with van der Waals surface area (Å²) in [4.78, 5) is 1.27. The van der Waals surface area contributed by atoms with E-state index in [2.05, 4.69) is 38.4 Å². The lowest BCUT2D eigenvalue weighted by Gasteiger charge is -2.07. The summed E-state index contributed by atoms with van der Waals surface area (Å²) in [5.74, 6) is 0.873. The van der Waals surface area contributed by atoms with Gasteiger partial charge < -0.3 is 4.90 Å². The van der Waals surface area contributed by atoms with E-state index in [9.17, 15) is 0 Å². The number of hydrogen-bond donors (Lipinski definition) is 1. The van der Waals surface area contributed by atoms with E-state index < -0.39 is 0 Å². The lowest BCUT2D eigenvalue weighted by Crippen LogP contribution is -3.05. The van der Waals surface area contributed by atoms with E-state index in [1.54, 1.807) is 0 Å². The summed E-state index contributed by atoms with van der Waals surface area (Å²) in [5, 5.41) is 4.75. The van der Waals surface area contributed by atoms with Gasteiger partial charge in [-0.15, -0.1) is 5.10 Å². The van der Waals surface area contributed by atoms with Crippen LogP contribution in [-0.4, -0.2) is 28.4 Å². The maximum atomic E-state index is 5.66. The highest BCUT2D eigenvalue weighted by Gasteiger charge is 2.15. The fourth-order valence-electron chi connectivity index (χ4n) is 2.39. The molecule has 0 fully saturated rings. The summed E-state index contributed by atoms with van der Waals surface area (Å²) in [7, 11) is 4.18. The topological polar surface area (TPSA) is 27.2 Å². The zero-order chi connectivity index (χ0) is 15.5. The minimum atomic E-state index is 0.714. The minimum Gasteiger partial charge on any atom is -0.321 e. The average molecular weight is 311 g/mol. The molecule has 0 aliphatic rings. The Morgan fingerprint density at radius 3 is 2.14 bits per heavy atom. The average Bonchev–Trinajstić information content (AvgIpc) is 2.85. The van der Waals surface area contributed by atoms with Gasteiger partial charge in [-0.05, 0) is 24.4 Å². The molecule has 0 aliphatic heterocycles. The number of benzene rings is 2. The number of quaternary nitrogens is 1. The molecule has 3 aromatic rings.